The third-order valence-corrected chi connectivity index (χ3v) is 5.37. The summed E-state index contributed by atoms with van der Waals surface area (Å²) < 4.78 is 13.2. The zero-order chi connectivity index (χ0) is 18.0. The maximum Gasteiger partial charge on any atom is 0.238 e. The first kappa shape index (κ1) is 17.8. The van der Waals surface area contributed by atoms with E-state index in [1.54, 1.807) is 31.3 Å². The highest BCUT2D eigenvalue weighted by Gasteiger charge is 2.30. The molecule has 2 aromatic rings. The Bertz CT molecular complexity index is 830. The fourth-order valence-electron chi connectivity index (χ4n) is 2.57. The highest BCUT2D eigenvalue weighted by atomic mass is 35.5. The number of halogens is 2. The van der Waals surface area contributed by atoms with E-state index in [4.69, 9.17) is 11.6 Å². The molecule has 1 atom stereocenters. The van der Waals surface area contributed by atoms with Gasteiger partial charge in [0.05, 0.1) is 10.9 Å². The topological polar surface area (TPSA) is 49.4 Å². The Kier molecular flexibility index (Phi) is 5.30. The van der Waals surface area contributed by atoms with Gasteiger partial charge in [0.2, 0.25) is 11.8 Å². The third kappa shape index (κ3) is 4.32. The largest absolute Gasteiger partial charge is 0.341 e. The molecule has 0 fully saturated rings. The number of thioether (sulfide) groups is 1. The summed E-state index contributed by atoms with van der Waals surface area (Å²) in [5.41, 5.74) is 1.37. The van der Waals surface area contributed by atoms with E-state index in [2.05, 4.69) is 5.32 Å². The number of nitrogens with zero attached hydrogens (tertiary/aromatic N) is 1. The molecule has 1 aliphatic heterocycles. The number of rotatable bonds is 4. The normalized spacial score (nSPS) is 16.1. The molecular formula is C18H16ClFN2O2S. The van der Waals surface area contributed by atoms with Crippen LogP contribution in [0.15, 0.2) is 47.4 Å². The van der Waals surface area contributed by atoms with Crippen LogP contribution >= 0.6 is 23.4 Å². The number of carbonyl (C=O) groups is 2. The van der Waals surface area contributed by atoms with Crippen LogP contribution in [0, 0.1) is 5.82 Å². The van der Waals surface area contributed by atoms with Crippen molar-refractivity contribution in [2.45, 2.75) is 23.1 Å². The van der Waals surface area contributed by atoms with Crippen LogP contribution in [0.25, 0.3) is 0 Å². The molecule has 7 heteroatoms. The molecular weight excluding hydrogens is 363 g/mol. The van der Waals surface area contributed by atoms with Gasteiger partial charge in [0, 0.05) is 29.9 Å². The van der Waals surface area contributed by atoms with Gasteiger partial charge in [-0.1, -0.05) is 23.7 Å². The Labute approximate surface area is 154 Å². The molecule has 0 spiro atoms. The molecule has 0 saturated heterocycles. The lowest BCUT2D eigenvalue weighted by Crippen LogP contribution is -2.35. The highest BCUT2D eigenvalue weighted by Crippen LogP contribution is 2.38. The van der Waals surface area contributed by atoms with Crippen molar-refractivity contribution >= 4 is 40.9 Å². The summed E-state index contributed by atoms with van der Waals surface area (Å²) in [4.78, 5) is 27.0. The van der Waals surface area contributed by atoms with Gasteiger partial charge in [0.15, 0.2) is 0 Å². The molecule has 2 amide bonds. The van der Waals surface area contributed by atoms with E-state index in [0.717, 1.165) is 4.90 Å². The van der Waals surface area contributed by atoms with Crippen molar-refractivity contribution in [3.8, 4) is 0 Å². The number of benzene rings is 2. The van der Waals surface area contributed by atoms with Crippen LogP contribution < -0.4 is 5.32 Å². The van der Waals surface area contributed by atoms with Crippen molar-refractivity contribution in [1.82, 2.24) is 4.90 Å². The predicted molar refractivity (Wildman–Crippen MR) is 97.2 cm³/mol. The Balaban J connectivity index is 1.64. The van der Waals surface area contributed by atoms with Crippen LogP contribution in [0.1, 0.15) is 12.0 Å². The molecule has 4 nitrogen and oxygen atoms in total. The third-order valence-electron chi connectivity index (χ3n) is 3.86. The quantitative estimate of drug-likeness (QED) is 0.876. The molecule has 0 aromatic heterocycles. The number of hydrogen-bond donors (Lipinski definition) is 1. The van der Waals surface area contributed by atoms with Gasteiger partial charge in [0.1, 0.15) is 5.82 Å². The number of fused-ring (bicyclic) bond motifs is 1. The predicted octanol–water partition coefficient (Wildman–Crippen LogP) is 3.94. The van der Waals surface area contributed by atoms with Crippen molar-refractivity contribution in [3.63, 3.8) is 0 Å². The Morgan fingerprint density at radius 1 is 1.32 bits per heavy atom. The van der Waals surface area contributed by atoms with Gasteiger partial charge in [-0.3, -0.25) is 9.59 Å². The van der Waals surface area contributed by atoms with Crippen LogP contribution in [0.4, 0.5) is 10.1 Å². The lowest BCUT2D eigenvalue weighted by atomic mass is 10.2. The van der Waals surface area contributed by atoms with Crippen LogP contribution in [0.3, 0.4) is 0 Å². The summed E-state index contributed by atoms with van der Waals surface area (Å²) in [5.74, 6) is -0.725. The summed E-state index contributed by atoms with van der Waals surface area (Å²) in [6.07, 6.45) is 0.0738. The van der Waals surface area contributed by atoms with Gasteiger partial charge in [-0.15, -0.1) is 11.8 Å². The minimum Gasteiger partial charge on any atom is -0.341 e. The average molecular weight is 379 g/mol. The van der Waals surface area contributed by atoms with Crippen LogP contribution in [0.5, 0.6) is 0 Å². The maximum absolute atomic E-state index is 13.2. The van der Waals surface area contributed by atoms with Gasteiger partial charge in [-0.05, 0) is 35.9 Å². The molecule has 1 unspecified atom stereocenters. The molecule has 1 N–H and O–H groups in total. The summed E-state index contributed by atoms with van der Waals surface area (Å²) in [6, 6.07) is 11.4. The number of hydrogen-bond acceptors (Lipinski definition) is 3. The minimum absolute atomic E-state index is 0.0738. The molecule has 25 heavy (non-hydrogen) atoms. The molecule has 2 aromatic carbocycles. The molecule has 0 radical (unpaired) electrons. The molecule has 0 saturated carbocycles. The van der Waals surface area contributed by atoms with E-state index < -0.39 is 5.25 Å². The summed E-state index contributed by atoms with van der Waals surface area (Å²) in [5, 5.41) is 2.83. The summed E-state index contributed by atoms with van der Waals surface area (Å²) in [7, 11) is 1.65. The average Bonchev–Trinajstić information content (AvgIpc) is 2.55. The molecule has 130 valence electrons. The van der Waals surface area contributed by atoms with Gasteiger partial charge in [0.25, 0.3) is 0 Å². The fraction of sp³-hybridized carbons (Fsp3) is 0.222. The van der Waals surface area contributed by atoms with Crippen LogP contribution in [0.2, 0.25) is 5.02 Å². The summed E-state index contributed by atoms with van der Waals surface area (Å²) in [6.45, 7) is 0.293. The minimum atomic E-state index is -0.504. The standard InChI is InChI=1S/C18H16ClFN2O2S/c1-22(10-11-3-2-4-13(20)7-11)17(23)9-16-18(24)21-14-8-12(19)5-6-15(14)25-16/h2-8,16H,9-10H2,1H3,(H,21,24). The second-order valence-electron chi connectivity index (χ2n) is 5.82. The lowest BCUT2D eigenvalue weighted by molar-refractivity contribution is -0.131. The lowest BCUT2D eigenvalue weighted by Gasteiger charge is -2.25. The van der Waals surface area contributed by atoms with E-state index in [1.807, 2.05) is 6.07 Å². The monoisotopic (exact) mass is 378 g/mol. The molecule has 0 aliphatic carbocycles. The van der Waals surface area contributed by atoms with Crippen molar-refractivity contribution in [1.29, 1.82) is 0 Å². The van der Waals surface area contributed by atoms with Gasteiger partial charge >= 0.3 is 0 Å². The SMILES string of the molecule is CN(Cc1cccc(F)c1)C(=O)CC1Sc2ccc(Cl)cc2NC1=O. The van der Waals surface area contributed by atoms with E-state index in [1.165, 1.54) is 28.8 Å². The number of carbonyl (C=O) groups excluding carboxylic acids is 2. The molecule has 1 aliphatic rings. The molecule has 0 bridgehead atoms. The first-order valence-electron chi connectivity index (χ1n) is 7.68. The number of nitrogens with one attached hydrogen (secondary N) is 1. The van der Waals surface area contributed by atoms with Gasteiger partial charge in [-0.2, -0.15) is 0 Å². The van der Waals surface area contributed by atoms with Crippen molar-refractivity contribution in [3.05, 3.63) is 58.9 Å². The van der Waals surface area contributed by atoms with Crippen LogP contribution in [-0.2, 0) is 16.1 Å². The zero-order valence-electron chi connectivity index (χ0n) is 13.5. The van der Waals surface area contributed by atoms with Crippen LogP contribution in [-0.4, -0.2) is 29.0 Å². The highest BCUT2D eigenvalue weighted by molar-refractivity contribution is 8.01. The van der Waals surface area contributed by atoms with E-state index in [0.29, 0.717) is 22.8 Å². The second-order valence-corrected chi connectivity index (χ2v) is 7.50. The first-order chi connectivity index (χ1) is 11.9. The van der Waals surface area contributed by atoms with Gasteiger partial charge in [-0.25, -0.2) is 4.39 Å². The van der Waals surface area contributed by atoms with E-state index >= 15 is 0 Å². The number of amides is 2. The van der Waals surface area contributed by atoms with Crippen molar-refractivity contribution in [2.75, 3.05) is 12.4 Å². The van der Waals surface area contributed by atoms with Crippen molar-refractivity contribution < 1.29 is 14.0 Å². The van der Waals surface area contributed by atoms with Gasteiger partial charge < -0.3 is 10.2 Å². The zero-order valence-corrected chi connectivity index (χ0v) is 15.0. The number of anilines is 1. The van der Waals surface area contributed by atoms with E-state index in [-0.39, 0.29) is 24.1 Å². The maximum atomic E-state index is 13.2. The first-order valence-corrected chi connectivity index (χ1v) is 8.93. The Morgan fingerprint density at radius 3 is 2.88 bits per heavy atom. The van der Waals surface area contributed by atoms with E-state index in [9.17, 15) is 14.0 Å². The smallest absolute Gasteiger partial charge is 0.238 e. The summed E-state index contributed by atoms with van der Waals surface area (Å²) >= 11 is 7.28. The fourth-order valence-corrected chi connectivity index (χ4v) is 3.82. The second kappa shape index (κ2) is 7.45. The molecule has 1 heterocycles. The Hall–Kier alpha value is -2.05. The Morgan fingerprint density at radius 2 is 2.12 bits per heavy atom. The van der Waals surface area contributed by atoms with Crippen molar-refractivity contribution in [2.24, 2.45) is 0 Å². The molecule has 3 rings (SSSR count).